The Balaban J connectivity index is 1.04. The fourth-order valence-electron chi connectivity index (χ4n) is 7.74. The van der Waals surface area contributed by atoms with E-state index in [4.69, 9.17) is 23.9 Å². The van der Waals surface area contributed by atoms with Gasteiger partial charge in [-0.15, -0.1) is 0 Å². The number of hydrogen-bond donors (Lipinski definition) is 4. The number of imidazole rings is 2. The van der Waals surface area contributed by atoms with E-state index in [1.807, 2.05) is 52.0 Å². The van der Waals surface area contributed by atoms with Crippen LogP contribution >= 0.6 is 0 Å². The third-order valence-electron chi connectivity index (χ3n) is 10.9. The van der Waals surface area contributed by atoms with Gasteiger partial charge in [-0.3, -0.25) is 9.59 Å². The number of benzene rings is 2. The number of nitrogens with zero attached hydrogens (tertiary/aromatic N) is 4. The fourth-order valence-corrected chi connectivity index (χ4v) is 7.74. The van der Waals surface area contributed by atoms with Gasteiger partial charge in [0.2, 0.25) is 11.8 Å². The lowest BCUT2D eigenvalue weighted by atomic mass is 9.96. The highest BCUT2D eigenvalue weighted by Crippen LogP contribution is 2.41. The number of fused-ring (bicyclic) bond motifs is 2. The SMILES string of the molecule is COC(=O)NC(C(=O)N1CCCC1c1ncc(-c2ccc3c(c2)Oc2ccc(-c4cnc(C5COCCN5C(=O)C(NC(=O)OC)C(C)C)[nH]4)cc2C3)[nH]1)C(C)C. The molecule has 57 heavy (non-hydrogen) atoms. The summed E-state index contributed by atoms with van der Waals surface area (Å²) in [6, 6.07) is 9.94. The molecule has 2 fully saturated rings. The number of methoxy groups -OCH3 is 2. The fraction of sp³-hybridized carbons (Fsp3) is 0.463. The van der Waals surface area contributed by atoms with Gasteiger partial charge >= 0.3 is 12.2 Å². The number of likely N-dealkylation sites (tertiary alicyclic amines) is 1. The molecule has 302 valence electrons. The first-order chi connectivity index (χ1) is 27.4. The van der Waals surface area contributed by atoms with Crippen molar-refractivity contribution in [1.29, 1.82) is 0 Å². The van der Waals surface area contributed by atoms with E-state index in [2.05, 4.69) is 37.7 Å². The average Bonchev–Trinajstić information content (AvgIpc) is 4.02. The molecule has 16 heteroatoms. The summed E-state index contributed by atoms with van der Waals surface area (Å²) in [5.41, 5.74) is 5.48. The van der Waals surface area contributed by atoms with Crippen LogP contribution in [-0.4, -0.2) is 106 Å². The number of rotatable bonds is 10. The van der Waals surface area contributed by atoms with Crippen LogP contribution in [0.3, 0.4) is 0 Å². The molecule has 3 aliphatic heterocycles. The predicted octanol–water partition coefficient (Wildman–Crippen LogP) is 5.49. The first kappa shape index (κ1) is 39.3. The standard InChI is InChI=1S/C41H50N8O8/c1-22(2)34(46-40(52)54-5)38(50)48-13-7-8-30(48)36-42-20-29(44-36)25-9-10-26-17-27-16-24(11-12-32(27)57-33(26)18-25)28-19-43-37(45-28)31-21-56-15-14-49(31)39(51)35(23(3)4)47-41(53)55-6/h9-12,16,18-20,22-23,30-31,34-35H,7-8,13-15,17,21H2,1-6H3,(H,42,44)(H,43,45)(H,46,52)(H,47,53). The summed E-state index contributed by atoms with van der Waals surface area (Å²) in [7, 11) is 2.56. The van der Waals surface area contributed by atoms with Crippen molar-refractivity contribution in [3.05, 3.63) is 71.6 Å². The molecule has 4 amide bonds. The quantitative estimate of drug-likeness (QED) is 0.141. The Morgan fingerprint density at radius 3 is 1.95 bits per heavy atom. The number of H-pyrrole nitrogens is 2. The van der Waals surface area contributed by atoms with Crippen molar-refractivity contribution in [1.82, 2.24) is 40.4 Å². The summed E-state index contributed by atoms with van der Waals surface area (Å²) in [4.78, 5) is 71.0. The molecule has 0 saturated carbocycles. The minimum Gasteiger partial charge on any atom is -0.457 e. The molecular formula is C41H50N8O8. The van der Waals surface area contributed by atoms with Crippen molar-refractivity contribution in [3.8, 4) is 34.0 Å². The van der Waals surface area contributed by atoms with Crippen molar-refractivity contribution >= 4 is 24.0 Å². The van der Waals surface area contributed by atoms with Gasteiger partial charge < -0.3 is 49.3 Å². The number of carbonyl (C=O) groups excluding carboxylic acids is 4. The molecular weight excluding hydrogens is 732 g/mol. The van der Waals surface area contributed by atoms with E-state index in [0.29, 0.717) is 37.8 Å². The molecule has 0 bridgehead atoms. The highest BCUT2D eigenvalue weighted by atomic mass is 16.5. The Morgan fingerprint density at radius 1 is 0.754 bits per heavy atom. The predicted molar refractivity (Wildman–Crippen MR) is 208 cm³/mol. The Hall–Kier alpha value is -5.90. The Morgan fingerprint density at radius 2 is 1.33 bits per heavy atom. The van der Waals surface area contributed by atoms with E-state index in [1.165, 1.54) is 14.2 Å². The molecule has 2 aromatic heterocycles. The monoisotopic (exact) mass is 782 g/mol. The van der Waals surface area contributed by atoms with Crippen molar-refractivity contribution in [2.24, 2.45) is 11.8 Å². The van der Waals surface area contributed by atoms with Crippen LogP contribution in [0, 0.1) is 11.8 Å². The molecule has 5 heterocycles. The first-order valence-electron chi connectivity index (χ1n) is 19.4. The summed E-state index contributed by atoms with van der Waals surface area (Å²) in [5, 5.41) is 5.37. The second-order valence-corrected chi connectivity index (χ2v) is 15.3. The Bertz CT molecular complexity index is 2130. The molecule has 7 rings (SSSR count). The van der Waals surface area contributed by atoms with E-state index in [0.717, 1.165) is 58.0 Å². The molecule has 4 N–H and O–H groups in total. The zero-order chi connectivity index (χ0) is 40.4. The summed E-state index contributed by atoms with van der Waals surface area (Å²) in [6.45, 7) is 9.13. The van der Waals surface area contributed by atoms with Gasteiger partial charge in [-0.2, -0.15) is 0 Å². The van der Waals surface area contributed by atoms with Crippen molar-refractivity contribution < 1.29 is 38.1 Å². The van der Waals surface area contributed by atoms with Gasteiger partial charge in [0.1, 0.15) is 41.3 Å². The van der Waals surface area contributed by atoms with Crippen LogP contribution in [0.2, 0.25) is 0 Å². The van der Waals surface area contributed by atoms with Gasteiger partial charge in [0.05, 0.1) is 57.3 Å². The van der Waals surface area contributed by atoms with Gasteiger partial charge in [0, 0.05) is 30.6 Å². The van der Waals surface area contributed by atoms with Gasteiger partial charge in [-0.05, 0) is 60.1 Å². The number of ether oxygens (including phenoxy) is 4. The maximum absolute atomic E-state index is 13.7. The van der Waals surface area contributed by atoms with Crippen molar-refractivity contribution in [2.45, 2.75) is 71.1 Å². The van der Waals surface area contributed by atoms with Crippen LogP contribution in [0.15, 0.2) is 48.8 Å². The number of nitrogens with one attached hydrogen (secondary N) is 4. The first-order valence-corrected chi connectivity index (χ1v) is 19.4. The maximum Gasteiger partial charge on any atom is 0.407 e. The summed E-state index contributed by atoms with van der Waals surface area (Å²) < 4.78 is 21.7. The molecule has 0 radical (unpaired) electrons. The summed E-state index contributed by atoms with van der Waals surface area (Å²) >= 11 is 0. The van der Waals surface area contributed by atoms with E-state index in [9.17, 15) is 19.2 Å². The third kappa shape index (κ3) is 8.17. The minimum atomic E-state index is -0.758. The number of hydrogen-bond acceptors (Lipinski definition) is 10. The van der Waals surface area contributed by atoms with Crippen molar-refractivity contribution in [2.75, 3.05) is 40.5 Å². The molecule has 0 aliphatic carbocycles. The highest BCUT2D eigenvalue weighted by molar-refractivity contribution is 5.87. The second-order valence-electron chi connectivity index (χ2n) is 15.3. The van der Waals surface area contributed by atoms with E-state index >= 15 is 0 Å². The number of amides is 4. The molecule has 3 aliphatic rings. The topological polar surface area (TPSA) is 193 Å². The minimum absolute atomic E-state index is 0.120. The van der Waals surface area contributed by atoms with Crippen LogP contribution < -0.4 is 15.4 Å². The lowest BCUT2D eigenvalue weighted by Crippen LogP contribution is -2.54. The van der Waals surface area contributed by atoms with Crippen LogP contribution in [0.1, 0.15) is 75.4 Å². The van der Waals surface area contributed by atoms with Gasteiger partial charge in [0.15, 0.2) is 0 Å². The molecule has 4 atom stereocenters. The lowest BCUT2D eigenvalue weighted by molar-refractivity contribution is -0.143. The highest BCUT2D eigenvalue weighted by Gasteiger charge is 2.39. The van der Waals surface area contributed by atoms with E-state index in [-0.39, 0.29) is 36.3 Å². The van der Waals surface area contributed by atoms with Crippen LogP contribution in [-0.2, 0) is 30.2 Å². The van der Waals surface area contributed by atoms with Crippen LogP contribution in [0.5, 0.6) is 11.5 Å². The normalized spacial score (nSPS) is 18.7. The molecule has 2 saturated heterocycles. The lowest BCUT2D eigenvalue weighted by Gasteiger charge is -2.37. The Labute approximate surface area is 331 Å². The number of aromatic nitrogens is 4. The molecule has 2 aromatic carbocycles. The van der Waals surface area contributed by atoms with Gasteiger partial charge in [-0.25, -0.2) is 19.6 Å². The number of aromatic amines is 2. The summed E-state index contributed by atoms with van der Waals surface area (Å²) in [6.07, 6.45) is 4.49. The summed E-state index contributed by atoms with van der Waals surface area (Å²) in [5.74, 6) is 2.14. The smallest absolute Gasteiger partial charge is 0.407 e. The van der Waals surface area contributed by atoms with E-state index in [1.54, 1.807) is 22.2 Å². The van der Waals surface area contributed by atoms with E-state index < -0.39 is 30.3 Å². The molecule has 4 unspecified atom stereocenters. The molecule has 16 nitrogen and oxygen atoms in total. The molecule has 0 spiro atoms. The number of alkyl carbamates (subject to hydrolysis) is 2. The largest absolute Gasteiger partial charge is 0.457 e. The number of carbonyl (C=O) groups is 4. The van der Waals surface area contributed by atoms with Crippen molar-refractivity contribution in [3.63, 3.8) is 0 Å². The van der Waals surface area contributed by atoms with Gasteiger partial charge in [-0.1, -0.05) is 39.8 Å². The van der Waals surface area contributed by atoms with Crippen LogP contribution in [0.4, 0.5) is 9.59 Å². The number of morpholine rings is 1. The van der Waals surface area contributed by atoms with Crippen LogP contribution in [0.25, 0.3) is 22.5 Å². The second kappa shape index (κ2) is 16.7. The van der Waals surface area contributed by atoms with Gasteiger partial charge in [0.25, 0.3) is 0 Å². The zero-order valence-electron chi connectivity index (χ0n) is 33.1. The third-order valence-corrected chi connectivity index (χ3v) is 10.9. The zero-order valence-corrected chi connectivity index (χ0v) is 33.1. The maximum atomic E-state index is 13.7. The Kier molecular flexibility index (Phi) is 11.5. The average molecular weight is 783 g/mol. The molecule has 4 aromatic rings.